The number of fused-ring (bicyclic) bond motifs is 1. The zero-order chi connectivity index (χ0) is 19.8. The zero-order valence-corrected chi connectivity index (χ0v) is 16.6. The SMILES string of the molecule is Cc1nccn1-c1ccc(N2CCN(C(=O)c3ccc4nsnc4c3)CC2)nn1. The highest BCUT2D eigenvalue weighted by Crippen LogP contribution is 2.18. The van der Waals surface area contributed by atoms with Crippen molar-refractivity contribution in [2.45, 2.75) is 6.92 Å². The maximum Gasteiger partial charge on any atom is 0.254 e. The Bertz CT molecular complexity index is 1160. The van der Waals surface area contributed by atoms with Gasteiger partial charge >= 0.3 is 0 Å². The minimum atomic E-state index is 0.0246. The van der Waals surface area contributed by atoms with Gasteiger partial charge in [0, 0.05) is 44.1 Å². The Hall–Kier alpha value is -3.40. The summed E-state index contributed by atoms with van der Waals surface area (Å²) in [6.07, 6.45) is 3.60. The molecule has 10 heteroatoms. The van der Waals surface area contributed by atoms with Crippen molar-refractivity contribution >= 4 is 34.5 Å². The standard InChI is InChI=1S/C19H18N8OS/c1-13-20-6-7-27(13)18-5-4-17(21-22-18)25-8-10-26(11-9-25)19(28)14-2-3-15-16(12-14)24-29-23-15/h2-7,12H,8-11H2,1H3. The molecule has 0 radical (unpaired) electrons. The molecule has 5 rings (SSSR count). The van der Waals surface area contributed by atoms with Gasteiger partial charge < -0.3 is 9.80 Å². The highest BCUT2D eigenvalue weighted by atomic mass is 32.1. The maximum atomic E-state index is 12.8. The average Bonchev–Trinajstić information content (AvgIpc) is 3.41. The first kappa shape index (κ1) is 17.7. The second-order valence-electron chi connectivity index (χ2n) is 6.84. The fraction of sp³-hybridized carbons (Fsp3) is 0.263. The van der Waals surface area contributed by atoms with Crippen LogP contribution in [0.2, 0.25) is 0 Å². The van der Waals surface area contributed by atoms with Crippen molar-refractivity contribution in [2.75, 3.05) is 31.1 Å². The summed E-state index contributed by atoms with van der Waals surface area (Å²) in [5.74, 6) is 2.44. The van der Waals surface area contributed by atoms with Crippen molar-refractivity contribution < 1.29 is 4.79 Å². The summed E-state index contributed by atoms with van der Waals surface area (Å²) in [5.41, 5.74) is 2.24. The van der Waals surface area contributed by atoms with E-state index in [-0.39, 0.29) is 5.91 Å². The summed E-state index contributed by atoms with van der Waals surface area (Å²) >= 11 is 1.16. The van der Waals surface area contributed by atoms with Crippen LogP contribution in [0.1, 0.15) is 16.2 Å². The minimum absolute atomic E-state index is 0.0246. The number of benzene rings is 1. The van der Waals surface area contributed by atoms with Gasteiger partial charge in [-0.1, -0.05) is 0 Å². The third-order valence-corrected chi connectivity index (χ3v) is 5.66. The molecule has 1 saturated heterocycles. The number of aryl methyl sites for hydroxylation is 1. The first-order valence-electron chi connectivity index (χ1n) is 9.30. The Morgan fingerprint density at radius 2 is 1.72 bits per heavy atom. The van der Waals surface area contributed by atoms with Crippen LogP contribution >= 0.6 is 11.7 Å². The van der Waals surface area contributed by atoms with E-state index in [1.54, 1.807) is 6.20 Å². The molecule has 1 amide bonds. The van der Waals surface area contributed by atoms with E-state index >= 15 is 0 Å². The second-order valence-corrected chi connectivity index (χ2v) is 7.37. The smallest absolute Gasteiger partial charge is 0.254 e. The molecule has 146 valence electrons. The Labute approximate surface area is 171 Å². The highest BCUT2D eigenvalue weighted by Gasteiger charge is 2.23. The predicted molar refractivity (Wildman–Crippen MR) is 109 cm³/mol. The third kappa shape index (κ3) is 3.31. The lowest BCUT2D eigenvalue weighted by molar-refractivity contribution is 0.0746. The number of hydrogen-bond donors (Lipinski definition) is 0. The number of amides is 1. The quantitative estimate of drug-likeness (QED) is 0.513. The Balaban J connectivity index is 1.25. The molecule has 0 saturated carbocycles. The Kier molecular flexibility index (Phi) is 4.39. The lowest BCUT2D eigenvalue weighted by Gasteiger charge is -2.35. The van der Waals surface area contributed by atoms with Crippen molar-refractivity contribution in [1.29, 1.82) is 0 Å². The molecule has 0 atom stereocenters. The first-order chi connectivity index (χ1) is 14.2. The van der Waals surface area contributed by atoms with Gasteiger partial charge in [-0.3, -0.25) is 9.36 Å². The molecule has 0 bridgehead atoms. The summed E-state index contributed by atoms with van der Waals surface area (Å²) in [5, 5.41) is 8.69. The average molecular weight is 406 g/mol. The molecule has 3 aromatic heterocycles. The van der Waals surface area contributed by atoms with E-state index in [1.165, 1.54) is 0 Å². The molecular weight excluding hydrogens is 388 g/mol. The van der Waals surface area contributed by atoms with Gasteiger partial charge in [-0.15, -0.1) is 10.2 Å². The van der Waals surface area contributed by atoms with Crippen molar-refractivity contribution in [2.24, 2.45) is 0 Å². The third-order valence-electron chi connectivity index (χ3n) is 5.10. The Morgan fingerprint density at radius 3 is 2.45 bits per heavy atom. The van der Waals surface area contributed by atoms with Crippen LogP contribution in [0, 0.1) is 6.92 Å². The van der Waals surface area contributed by atoms with Gasteiger partial charge in [-0.25, -0.2) is 4.98 Å². The number of carbonyl (C=O) groups is 1. The molecule has 1 aliphatic rings. The molecule has 1 fully saturated rings. The number of anilines is 1. The van der Waals surface area contributed by atoms with Gasteiger partial charge in [-0.05, 0) is 37.3 Å². The van der Waals surface area contributed by atoms with Gasteiger partial charge in [0.1, 0.15) is 16.9 Å². The van der Waals surface area contributed by atoms with Crippen LogP contribution in [0.3, 0.4) is 0 Å². The van der Waals surface area contributed by atoms with Crippen LogP contribution in [-0.2, 0) is 0 Å². The lowest BCUT2D eigenvalue weighted by Crippen LogP contribution is -2.49. The van der Waals surface area contributed by atoms with Crippen molar-refractivity contribution in [3.63, 3.8) is 0 Å². The molecule has 1 aromatic carbocycles. The fourth-order valence-electron chi connectivity index (χ4n) is 3.47. The largest absolute Gasteiger partial charge is 0.352 e. The Morgan fingerprint density at radius 1 is 0.966 bits per heavy atom. The number of carbonyl (C=O) groups excluding carboxylic acids is 1. The molecule has 1 aliphatic heterocycles. The number of rotatable bonds is 3. The zero-order valence-electron chi connectivity index (χ0n) is 15.8. The van der Waals surface area contributed by atoms with E-state index in [4.69, 9.17) is 0 Å². The molecule has 4 aromatic rings. The summed E-state index contributed by atoms with van der Waals surface area (Å²) in [4.78, 5) is 21.1. The van der Waals surface area contributed by atoms with Gasteiger partial charge in [0.05, 0.1) is 11.7 Å². The van der Waals surface area contributed by atoms with Crippen LogP contribution in [0.15, 0.2) is 42.7 Å². The van der Waals surface area contributed by atoms with E-state index in [9.17, 15) is 4.79 Å². The number of nitrogens with zero attached hydrogens (tertiary/aromatic N) is 8. The van der Waals surface area contributed by atoms with Crippen molar-refractivity contribution in [3.05, 3.63) is 54.1 Å². The van der Waals surface area contributed by atoms with E-state index in [0.717, 1.165) is 40.2 Å². The second kappa shape index (κ2) is 7.21. The summed E-state index contributed by atoms with van der Waals surface area (Å²) < 4.78 is 10.3. The topological polar surface area (TPSA) is 92.9 Å². The summed E-state index contributed by atoms with van der Waals surface area (Å²) in [6, 6.07) is 9.38. The number of imidazole rings is 1. The molecule has 0 spiro atoms. The van der Waals surface area contributed by atoms with Crippen LogP contribution < -0.4 is 4.90 Å². The number of hydrogen-bond acceptors (Lipinski definition) is 8. The molecular formula is C19H18N8OS. The van der Waals surface area contributed by atoms with Crippen LogP contribution in [0.4, 0.5) is 5.82 Å². The monoisotopic (exact) mass is 406 g/mol. The van der Waals surface area contributed by atoms with Gasteiger partial charge in [-0.2, -0.15) is 8.75 Å². The van der Waals surface area contributed by atoms with Crippen LogP contribution in [-0.4, -0.2) is 65.5 Å². The molecule has 0 N–H and O–H groups in total. The molecule has 29 heavy (non-hydrogen) atoms. The predicted octanol–water partition coefficient (Wildman–Crippen LogP) is 1.94. The molecule has 0 unspecified atom stereocenters. The maximum absolute atomic E-state index is 12.8. The van der Waals surface area contributed by atoms with E-state index in [1.807, 2.05) is 52.9 Å². The molecule has 0 aliphatic carbocycles. The van der Waals surface area contributed by atoms with Gasteiger partial charge in [0.25, 0.3) is 5.91 Å². The molecule has 9 nitrogen and oxygen atoms in total. The number of aromatic nitrogens is 6. The van der Waals surface area contributed by atoms with E-state index in [0.29, 0.717) is 31.7 Å². The summed E-state index contributed by atoms with van der Waals surface area (Å²) in [7, 11) is 0. The van der Waals surface area contributed by atoms with Crippen LogP contribution in [0.5, 0.6) is 0 Å². The van der Waals surface area contributed by atoms with Crippen molar-refractivity contribution in [1.82, 2.24) is 33.4 Å². The summed E-state index contributed by atoms with van der Waals surface area (Å²) in [6.45, 7) is 4.62. The van der Waals surface area contributed by atoms with E-state index < -0.39 is 0 Å². The minimum Gasteiger partial charge on any atom is -0.352 e. The van der Waals surface area contributed by atoms with Gasteiger partial charge in [0.15, 0.2) is 11.6 Å². The first-order valence-corrected chi connectivity index (χ1v) is 10.0. The fourth-order valence-corrected chi connectivity index (χ4v) is 3.99. The van der Waals surface area contributed by atoms with Crippen LogP contribution in [0.25, 0.3) is 16.9 Å². The van der Waals surface area contributed by atoms with Gasteiger partial charge in [0.2, 0.25) is 0 Å². The highest BCUT2D eigenvalue weighted by molar-refractivity contribution is 7.00. The molecule has 4 heterocycles. The van der Waals surface area contributed by atoms with Crippen molar-refractivity contribution in [3.8, 4) is 5.82 Å². The van der Waals surface area contributed by atoms with E-state index in [2.05, 4.69) is 28.8 Å². The lowest BCUT2D eigenvalue weighted by atomic mass is 10.1. The number of piperazine rings is 1. The normalized spacial score (nSPS) is 14.5.